The van der Waals surface area contributed by atoms with Crippen LogP contribution in [0.3, 0.4) is 0 Å². The van der Waals surface area contributed by atoms with Crippen molar-refractivity contribution in [2.45, 2.75) is 19.8 Å². The molecule has 0 aliphatic carbocycles. The van der Waals surface area contributed by atoms with Crippen molar-refractivity contribution in [1.82, 2.24) is 4.98 Å². The van der Waals surface area contributed by atoms with Gasteiger partial charge in [-0.05, 0) is 38.0 Å². The smallest absolute Gasteiger partial charge is 0.339 e. The summed E-state index contributed by atoms with van der Waals surface area (Å²) in [4.78, 5) is 42.1. The summed E-state index contributed by atoms with van der Waals surface area (Å²) < 4.78 is 18.9. The van der Waals surface area contributed by atoms with Crippen LogP contribution in [0.15, 0.2) is 36.5 Å². The zero-order valence-corrected chi connectivity index (χ0v) is 16.4. The van der Waals surface area contributed by atoms with Gasteiger partial charge in [-0.1, -0.05) is 12.1 Å². The SMILES string of the molecule is CCOC(=O)[C@H]1CCCN(c2ncc(NC(=O)c3ccccc3F)cc2C(=O)O)C1. The lowest BCUT2D eigenvalue weighted by molar-refractivity contribution is -0.148. The van der Waals surface area contributed by atoms with Crippen molar-refractivity contribution in [2.24, 2.45) is 5.92 Å². The number of hydrogen-bond donors (Lipinski definition) is 2. The molecule has 1 aromatic carbocycles. The second kappa shape index (κ2) is 9.34. The van der Waals surface area contributed by atoms with Gasteiger partial charge in [-0.3, -0.25) is 9.59 Å². The largest absolute Gasteiger partial charge is 0.478 e. The molecule has 2 N–H and O–H groups in total. The van der Waals surface area contributed by atoms with Gasteiger partial charge in [-0.25, -0.2) is 14.2 Å². The summed E-state index contributed by atoms with van der Waals surface area (Å²) in [5.41, 5.74) is -0.152. The molecule has 1 aromatic heterocycles. The fraction of sp³-hybridized carbons (Fsp3) is 0.333. The molecule has 8 nitrogen and oxygen atoms in total. The second-order valence-corrected chi connectivity index (χ2v) is 6.87. The van der Waals surface area contributed by atoms with Crippen LogP contribution in [-0.2, 0) is 9.53 Å². The molecule has 30 heavy (non-hydrogen) atoms. The quantitative estimate of drug-likeness (QED) is 0.698. The zero-order chi connectivity index (χ0) is 21.7. The fourth-order valence-electron chi connectivity index (χ4n) is 3.40. The molecule has 1 aliphatic heterocycles. The molecule has 0 unspecified atom stereocenters. The molecule has 158 valence electrons. The van der Waals surface area contributed by atoms with E-state index in [1.807, 2.05) is 0 Å². The van der Waals surface area contributed by atoms with Crippen molar-refractivity contribution in [3.63, 3.8) is 0 Å². The number of amides is 1. The third-order valence-electron chi connectivity index (χ3n) is 4.81. The van der Waals surface area contributed by atoms with E-state index in [4.69, 9.17) is 4.74 Å². The number of pyridine rings is 1. The molecule has 3 rings (SSSR count). The number of carboxylic acids is 1. The lowest BCUT2D eigenvalue weighted by Crippen LogP contribution is -2.40. The normalized spacial score (nSPS) is 16.1. The average molecular weight is 415 g/mol. The maximum absolute atomic E-state index is 13.8. The third-order valence-corrected chi connectivity index (χ3v) is 4.81. The number of ether oxygens (including phenoxy) is 1. The van der Waals surface area contributed by atoms with E-state index in [-0.39, 0.29) is 41.1 Å². The average Bonchev–Trinajstić information content (AvgIpc) is 2.74. The number of esters is 1. The van der Waals surface area contributed by atoms with Crippen LogP contribution in [0.5, 0.6) is 0 Å². The first-order chi connectivity index (χ1) is 14.4. The van der Waals surface area contributed by atoms with Gasteiger partial charge in [0.1, 0.15) is 17.2 Å². The van der Waals surface area contributed by atoms with Crippen molar-refractivity contribution in [1.29, 1.82) is 0 Å². The Morgan fingerprint density at radius 2 is 2.07 bits per heavy atom. The standard InChI is InChI=1S/C21H22FN3O5/c1-2-30-21(29)13-6-5-9-25(12-13)18-16(20(27)28)10-14(11-23-18)24-19(26)15-7-3-4-8-17(15)22/h3-4,7-8,10-11,13H,2,5-6,9,12H2,1H3,(H,24,26)(H,27,28)/t13-/m0/s1. The lowest BCUT2D eigenvalue weighted by atomic mass is 9.98. The number of halogens is 1. The number of carbonyl (C=O) groups is 3. The van der Waals surface area contributed by atoms with Crippen molar-refractivity contribution in [2.75, 3.05) is 29.9 Å². The predicted molar refractivity (Wildman–Crippen MR) is 107 cm³/mol. The molecule has 2 heterocycles. The Balaban J connectivity index is 1.82. The van der Waals surface area contributed by atoms with Crippen LogP contribution < -0.4 is 10.2 Å². The highest BCUT2D eigenvalue weighted by molar-refractivity contribution is 6.05. The van der Waals surface area contributed by atoms with Crippen molar-refractivity contribution >= 4 is 29.4 Å². The summed E-state index contributed by atoms with van der Waals surface area (Å²) >= 11 is 0. The summed E-state index contributed by atoms with van der Waals surface area (Å²) in [5.74, 6) is -3.08. The van der Waals surface area contributed by atoms with Crippen molar-refractivity contribution in [3.05, 3.63) is 53.5 Å². The Kier molecular flexibility index (Phi) is 6.61. The minimum atomic E-state index is -1.22. The highest BCUT2D eigenvalue weighted by atomic mass is 19.1. The van der Waals surface area contributed by atoms with E-state index in [1.165, 1.54) is 30.5 Å². The van der Waals surface area contributed by atoms with Crippen LogP contribution in [-0.4, -0.2) is 47.6 Å². The number of anilines is 2. The molecule has 1 saturated heterocycles. The maximum Gasteiger partial charge on any atom is 0.339 e. The molecule has 2 aromatic rings. The first kappa shape index (κ1) is 21.2. The van der Waals surface area contributed by atoms with E-state index in [9.17, 15) is 23.9 Å². The molecule has 1 atom stereocenters. The van der Waals surface area contributed by atoms with Gasteiger partial charge in [0.2, 0.25) is 0 Å². The summed E-state index contributed by atoms with van der Waals surface area (Å²) in [6.07, 6.45) is 2.67. The molecule has 1 fully saturated rings. The number of aromatic carboxylic acids is 1. The minimum Gasteiger partial charge on any atom is -0.478 e. The van der Waals surface area contributed by atoms with Crippen LogP contribution in [0.25, 0.3) is 0 Å². The lowest BCUT2D eigenvalue weighted by Gasteiger charge is -2.33. The van der Waals surface area contributed by atoms with Gasteiger partial charge in [0.15, 0.2) is 0 Å². The van der Waals surface area contributed by atoms with Crippen LogP contribution in [0.1, 0.15) is 40.5 Å². The molecule has 0 bridgehead atoms. The number of piperidine rings is 1. The third kappa shape index (κ3) is 4.73. The van der Waals surface area contributed by atoms with Crippen LogP contribution >= 0.6 is 0 Å². The molecular formula is C21H22FN3O5. The van der Waals surface area contributed by atoms with Crippen LogP contribution in [0.4, 0.5) is 15.9 Å². The van der Waals surface area contributed by atoms with Crippen LogP contribution in [0.2, 0.25) is 0 Å². The van der Waals surface area contributed by atoms with E-state index >= 15 is 0 Å². The van der Waals surface area contributed by atoms with Gasteiger partial charge in [0, 0.05) is 13.1 Å². The second-order valence-electron chi connectivity index (χ2n) is 6.87. The van der Waals surface area contributed by atoms with E-state index in [1.54, 1.807) is 11.8 Å². The number of rotatable bonds is 6. The molecule has 0 saturated carbocycles. The van der Waals surface area contributed by atoms with Gasteiger partial charge >= 0.3 is 11.9 Å². The van der Waals surface area contributed by atoms with E-state index < -0.39 is 17.7 Å². The summed E-state index contributed by atoms with van der Waals surface area (Å²) in [6.45, 7) is 2.86. The number of benzene rings is 1. The number of hydrogen-bond acceptors (Lipinski definition) is 6. The molecule has 1 aliphatic rings. The molecule has 1 amide bonds. The number of nitrogens with one attached hydrogen (secondary N) is 1. The summed E-state index contributed by atoms with van der Waals surface area (Å²) in [7, 11) is 0. The Morgan fingerprint density at radius 1 is 1.30 bits per heavy atom. The summed E-state index contributed by atoms with van der Waals surface area (Å²) in [5, 5.41) is 12.1. The topological polar surface area (TPSA) is 109 Å². The van der Waals surface area contributed by atoms with Gasteiger partial charge in [-0.15, -0.1) is 0 Å². The monoisotopic (exact) mass is 415 g/mol. The zero-order valence-electron chi connectivity index (χ0n) is 16.4. The Labute approximate surface area is 172 Å². The number of nitrogens with zero attached hydrogens (tertiary/aromatic N) is 2. The highest BCUT2D eigenvalue weighted by Gasteiger charge is 2.30. The predicted octanol–water partition coefficient (Wildman–Crippen LogP) is 2.95. The first-order valence-corrected chi connectivity index (χ1v) is 9.61. The maximum atomic E-state index is 13.8. The van der Waals surface area contributed by atoms with Gasteiger partial charge in [0.05, 0.1) is 30.0 Å². The van der Waals surface area contributed by atoms with Gasteiger partial charge in [-0.2, -0.15) is 0 Å². The number of aromatic nitrogens is 1. The molecular weight excluding hydrogens is 393 g/mol. The number of carboxylic acid groups (broad SMARTS) is 1. The van der Waals surface area contributed by atoms with Crippen molar-refractivity contribution < 1.29 is 28.6 Å². The van der Waals surface area contributed by atoms with E-state index in [2.05, 4.69) is 10.3 Å². The minimum absolute atomic E-state index is 0.120. The highest BCUT2D eigenvalue weighted by Crippen LogP contribution is 2.27. The molecule has 0 radical (unpaired) electrons. The van der Waals surface area contributed by atoms with Crippen molar-refractivity contribution in [3.8, 4) is 0 Å². The fourth-order valence-corrected chi connectivity index (χ4v) is 3.40. The Bertz CT molecular complexity index is 965. The Morgan fingerprint density at radius 3 is 2.77 bits per heavy atom. The van der Waals surface area contributed by atoms with Gasteiger partial charge < -0.3 is 20.1 Å². The number of carbonyl (C=O) groups excluding carboxylic acids is 2. The first-order valence-electron chi connectivity index (χ1n) is 9.61. The van der Waals surface area contributed by atoms with Gasteiger partial charge in [0.25, 0.3) is 5.91 Å². The van der Waals surface area contributed by atoms with E-state index in [0.29, 0.717) is 25.9 Å². The molecule has 9 heteroatoms. The summed E-state index contributed by atoms with van der Waals surface area (Å²) in [6, 6.07) is 6.76. The Hall–Kier alpha value is -3.49. The molecule has 0 spiro atoms. The van der Waals surface area contributed by atoms with E-state index in [0.717, 1.165) is 6.07 Å². The van der Waals surface area contributed by atoms with Crippen LogP contribution in [0, 0.1) is 11.7 Å².